The average Bonchev–Trinajstić information content (AvgIpc) is 2.83. The van der Waals surface area contributed by atoms with Gasteiger partial charge in [-0.05, 0) is 26.3 Å². The Hall–Kier alpha value is -0.160. The first-order valence-corrected chi connectivity index (χ1v) is 7.36. The van der Waals surface area contributed by atoms with Crippen molar-refractivity contribution in [3.8, 4) is 0 Å². The molecule has 108 valence electrons. The van der Waals surface area contributed by atoms with Crippen LogP contribution in [0.2, 0.25) is 0 Å². The summed E-state index contributed by atoms with van der Waals surface area (Å²) >= 11 is 0. The highest BCUT2D eigenvalue weighted by molar-refractivity contribution is 4.75. The van der Waals surface area contributed by atoms with Crippen molar-refractivity contribution >= 4 is 0 Å². The van der Waals surface area contributed by atoms with E-state index in [1.54, 1.807) is 0 Å². The maximum absolute atomic E-state index is 5.81. The van der Waals surface area contributed by atoms with E-state index in [9.17, 15) is 0 Å². The van der Waals surface area contributed by atoms with Gasteiger partial charge in [-0.1, -0.05) is 13.3 Å². The third kappa shape index (κ3) is 7.31. The smallest absolute Gasteiger partial charge is 0.0715 e. The lowest BCUT2D eigenvalue weighted by atomic mass is 10.3. The van der Waals surface area contributed by atoms with Crippen LogP contribution in [0.15, 0.2) is 0 Å². The molecule has 0 aromatic rings. The Bertz CT molecular complexity index is 190. The van der Waals surface area contributed by atoms with E-state index in [2.05, 4.69) is 11.8 Å². The lowest BCUT2D eigenvalue weighted by Gasteiger charge is -2.15. The van der Waals surface area contributed by atoms with Gasteiger partial charge in [0.1, 0.15) is 0 Å². The predicted molar refractivity (Wildman–Crippen MR) is 73.0 cm³/mol. The van der Waals surface area contributed by atoms with Gasteiger partial charge in [-0.2, -0.15) is 0 Å². The second kappa shape index (κ2) is 10.7. The summed E-state index contributed by atoms with van der Waals surface area (Å²) in [5.41, 5.74) is 0. The SMILES string of the molecule is CCCCN1CC[C@@H](OCCOCCOCC)C1. The molecule has 1 saturated heterocycles. The van der Waals surface area contributed by atoms with Crippen LogP contribution in [0.1, 0.15) is 33.1 Å². The van der Waals surface area contributed by atoms with E-state index in [4.69, 9.17) is 14.2 Å². The van der Waals surface area contributed by atoms with E-state index in [-0.39, 0.29) is 0 Å². The van der Waals surface area contributed by atoms with Crippen molar-refractivity contribution in [2.45, 2.75) is 39.2 Å². The first-order chi connectivity index (χ1) is 8.86. The van der Waals surface area contributed by atoms with E-state index in [0.29, 0.717) is 32.5 Å². The topological polar surface area (TPSA) is 30.9 Å². The van der Waals surface area contributed by atoms with E-state index in [1.165, 1.54) is 32.4 Å². The Kier molecular flexibility index (Phi) is 9.48. The molecule has 0 spiro atoms. The molecule has 0 aromatic heterocycles. The molecule has 0 unspecified atom stereocenters. The van der Waals surface area contributed by atoms with Crippen LogP contribution in [0.5, 0.6) is 0 Å². The van der Waals surface area contributed by atoms with Gasteiger partial charge in [0.15, 0.2) is 0 Å². The molecule has 0 radical (unpaired) electrons. The van der Waals surface area contributed by atoms with Gasteiger partial charge in [-0.25, -0.2) is 0 Å². The zero-order valence-corrected chi connectivity index (χ0v) is 12.0. The standard InChI is InChI=1S/C14H29NO3/c1-3-5-7-15-8-6-14(13-15)18-12-11-17-10-9-16-4-2/h14H,3-13H2,1-2H3/t14-/m1/s1. The molecule has 0 saturated carbocycles. The van der Waals surface area contributed by atoms with Crippen molar-refractivity contribution < 1.29 is 14.2 Å². The lowest BCUT2D eigenvalue weighted by molar-refractivity contribution is -0.00690. The maximum Gasteiger partial charge on any atom is 0.0715 e. The minimum atomic E-state index is 0.414. The fraction of sp³-hybridized carbons (Fsp3) is 1.00. The summed E-state index contributed by atoms with van der Waals surface area (Å²) in [5, 5.41) is 0. The van der Waals surface area contributed by atoms with Gasteiger partial charge in [-0.15, -0.1) is 0 Å². The number of unbranched alkanes of at least 4 members (excludes halogenated alkanes) is 1. The van der Waals surface area contributed by atoms with Gasteiger partial charge in [0.25, 0.3) is 0 Å². The van der Waals surface area contributed by atoms with Crippen LogP contribution in [0.25, 0.3) is 0 Å². The van der Waals surface area contributed by atoms with Crippen LogP contribution >= 0.6 is 0 Å². The number of ether oxygens (including phenoxy) is 3. The minimum absolute atomic E-state index is 0.414. The molecule has 4 heteroatoms. The highest BCUT2D eigenvalue weighted by Crippen LogP contribution is 2.13. The van der Waals surface area contributed by atoms with Crippen molar-refractivity contribution in [3.63, 3.8) is 0 Å². The predicted octanol–water partition coefficient (Wildman–Crippen LogP) is 1.93. The van der Waals surface area contributed by atoms with Crippen molar-refractivity contribution in [2.24, 2.45) is 0 Å². The molecule has 1 heterocycles. The second-order valence-corrected chi connectivity index (χ2v) is 4.74. The van der Waals surface area contributed by atoms with Crippen LogP contribution in [0, 0.1) is 0 Å². The number of hydrogen-bond acceptors (Lipinski definition) is 4. The molecule has 1 fully saturated rings. The first kappa shape index (κ1) is 15.9. The molecule has 0 aromatic carbocycles. The Balaban J connectivity index is 1.88. The summed E-state index contributed by atoms with van der Waals surface area (Å²) in [6.07, 6.45) is 4.16. The molecule has 0 bridgehead atoms. The summed E-state index contributed by atoms with van der Waals surface area (Å²) < 4.78 is 16.4. The molecule has 1 aliphatic heterocycles. The maximum atomic E-state index is 5.81. The van der Waals surface area contributed by atoms with Gasteiger partial charge in [0, 0.05) is 19.7 Å². The Morgan fingerprint density at radius 1 is 1.06 bits per heavy atom. The number of nitrogens with zero attached hydrogens (tertiary/aromatic N) is 1. The zero-order valence-electron chi connectivity index (χ0n) is 12.0. The molecule has 0 amide bonds. The zero-order chi connectivity index (χ0) is 13.1. The van der Waals surface area contributed by atoms with Gasteiger partial charge < -0.3 is 19.1 Å². The fourth-order valence-electron chi connectivity index (χ4n) is 2.16. The molecule has 0 aliphatic carbocycles. The summed E-state index contributed by atoms with van der Waals surface area (Å²) in [6.45, 7) is 11.2. The summed E-state index contributed by atoms with van der Waals surface area (Å²) in [4.78, 5) is 2.50. The molecule has 0 N–H and O–H groups in total. The largest absolute Gasteiger partial charge is 0.379 e. The normalized spacial score (nSPS) is 20.7. The molecule has 4 nitrogen and oxygen atoms in total. The minimum Gasteiger partial charge on any atom is -0.379 e. The van der Waals surface area contributed by atoms with Crippen LogP contribution in [-0.2, 0) is 14.2 Å². The summed E-state index contributed by atoms with van der Waals surface area (Å²) in [6, 6.07) is 0. The number of hydrogen-bond donors (Lipinski definition) is 0. The highest BCUT2D eigenvalue weighted by atomic mass is 16.5. The van der Waals surface area contributed by atoms with Crippen molar-refractivity contribution in [1.82, 2.24) is 4.90 Å². The van der Waals surface area contributed by atoms with Crippen LogP contribution in [0.4, 0.5) is 0 Å². The third-order valence-electron chi connectivity index (χ3n) is 3.21. The molecule has 18 heavy (non-hydrogen) atoms. The monoisotopic (exact) mass is 259 g/mol. The summed E-state index contributed by atoms with van der Waals surface area (Å²) in [5.74, 6) is 0. The lowest BCUT2D eigenvalue weighted by Crippen LogP contribution is -2.25. The second-order valence-electron chi connectivity index (χ2n) is 4.74. The summed E-state index contributed by atoms with van der Waals surface area (Å²) in [7, 11) is 0. The van der Waals surface area contributed by atoms with E-state index < -0.39 is 0 Å². The Morgan fingerprint density at radius 2 is 1.83 bits per heavy atom. The molecular formula is C14H29NO3. The molecule has 1 rings (SSSR count). The highest BCUT2D eigenvalue weighted by Gasteiger charge is 2.21. The van der Waals surface area contributed by atoms with Gasteiger partial charge in [0.05, 0.1) is 32.5 Å². The van der Waals surface area contributed by atoms with E-state index in [1.807, 2.05) is 6.92 Å². The Morgan fingerprint density at radius 3 is 2.61 bits per heavy atom. The van der Waals surface area contributed by atoms with Crippen LogP contribution in [-0.4, -0.2) is 63.7 Å². The van der Waals surface area contributed by atoms with Crippen molar-refractivity contribution in [2.75, 3.05) is 52.7 Å². The number of likely N-dealkylation sites (tertiary alicyclic amines) is 1. The van der Waals surface area contributed by atoms with E-state index in [0.717, 1.165) is 13.2 Å². The molecule has 1 aliphatic rings. The van der Waals surface area contributed by atoms with Crippen molar-refractivity contribution in [1.29, 1.82) is 0 Å². The van der Waals surface area contributed by atoms with Gasteiger partial charge in [-0.3, -0.25) is 0 Å². The van der Waals surface area contributed by atoms with Gasteiger partial charge >= 0.3 is 0 Å². The van der Waals surface area contributed by atoms with Crippen LogP contribution in [0.3, 0.4) is 0 Å². The average molecular weight is 259 g/mol. The molecule has 1 atom stereocenters. The van der Waals surface area contributed by atoms with E-state index >= 15 is 0 Å². The van der Waals surface area contributed by atoms with Gasteiger partial charge in [0.2, 0.25) is 0 Å². The molecular weight excluding hydrogens is 230 g/mol. The van der Waals surface area contributed by atoms with Crippen molar-refractivity contribution in [3.05, 3.63) is 0 Å². The fourth-order valence-corrected chi connectivity index (χ4v) is 2.16. The number of rotatable bonds is 11. The Labute approximate surface area is 112 Å². The van der Waals surface area contributed by atoms with Crippen LogP contribution < -0.4 is 0 Å². The third-order valence-corrected chi connectivity index (χ3v) is 3.21. The first-order valence-electron chi connectivity index (χ1n) is 7.36. The quantitative estimate of drug-likeness (QED) is 0.531.